The summed E-state index contributed by atoms with van der Waals surface area (Å²) in [6.45, 7) is 1.76. The predicted molar refractivity (Wildman–Crippen MR) is 120 cm³/mol. The van der Waals surface area contributed by atoms with Crippen LogP contribution in [0.4, 0.5) is 10.8 Å². The number of hydrogen-bond acceptors (Lipinski definition) is 8. The number of aromatic nitrogens is 3. The summed E-state index contributed by atoms with van der Waals surface area (Å²) in [6.07, 6.45) is 1.62. The van der Waals surface area contributed by atoms with Crippen molar-refractivity contribution in [3.05, 3.63) is 82.9 Å². The number of amides is 2. The standard InChI is InChI=1S/C21H17N5O3S2/c1-13-23-18(29-26-13)12-31-17-5-3-2-4-16(17)20(28)24-15-8-6-14(7-9-15)19(27)25-21-22-10-11-30-21/h2-11H,12H2,1H3,(H,24,28)(H,22,25,27). The molecule has 2 amide bonds. The topological polar surface area (TPSA) is 110 Å². The number of thiazole rings is 1. The van der Waals surface area contributed by atoms with Crippen LogP contribution in [-0.2, 0) is 5.75 Å². The quantitative estimate of drug-likeness (QED) is 0.394. The van der Waals surface area contributed by atoms with Crippen molar-refractivity contribution in [2.24, 2.45) is 0 Å². The second kappa shape index (κ2) is 9.54. The molecule has 0 fully saturated rings. The second-order valence-electron chi connectivity index (χ2n) is 6.34. The second-order valence-corrected chi connectivity index (χ2v) is 8.25. The smallest absolute Gasteiger partial charge is 0.257 e. The van der Waals surface area contributed by atoms with Crippen LogP contribution in [0.15, 0.2) is 69.5 Å². The molecule has 0 aliphatic heterocycles. The lowest BCUT2D eigenvalue weighted by atomic mass is 10.1. The normalized spacial score (nSPS) is 10.6. The first-order valence-corrected chi connectivity index (χ1v) is 11.1. The van der Waals surface area contributed by atoms with Gasteiger partial charge in [-0.3, -0.25) is 14.9 Å². The third kappa shape index (κ3) is 5.36. The Morgan fingerprint density at radius 3 is 2.58 bits per heavy atom. The zero-order valence-electron chi connectivity index (χ0n) is 16.4. The van der Waals surface area contributed by atoms with E-state index in [9.17, 15) is 9.59 Å². The highest BCUT2D eigenvalue weighted by Gasteiger charge is 2.14. The number of rotatable bonds is 7. The van der Waals surface area contributed by atoms with E-state index in [0.717, 1.165) is 4.90 Å². The van der Waals surface area contributed by atoms with Crippen LogP contribution in [0, 0.1) is 6.92 Å². The van der Waals surface area contributed by atoms with Crippen LogP contribution >= 0.6 is 23.1 Å². The molecule has 156 valence electrons. The van der Waals surface area contributed by atoms with E-state index in [1.54, 1.807) is 48.8 Å². The summed E-state index contributed by atoms with van der Waals surface area (Å²) >= 11 is 2.79. The molecule has 0 radical (unpaired) electrons. The average molecular weight is 452 g/mol. The van der Waals surface area contributed by atoms with Crippen molar-refractivity contribution in [2.75, 3.05) is 10.6 Å². The largest absolute Gasteiger partial charge is 0.338 e. The molecule has 0 spiro atoms. The van der Waals surface area contributed by atoms with E-state index in [2.05, 4.69) is 25.8 Å². The minimum absolute atomic E-state index is 0.246. The van der Waals surface area contributed by atoms with Gasteiger partial charge >= 0.3 is 0 Å². The first kappa shape index (κ1) is 20.8. The summed E-state index contributed by atoms with van der Waals surface area (Å²) in [7, 11) is 0. The fraction of sp³-hybridized carbons (Fsp3) is 0.0952. The van der Waals surface area contributed by atoms with Crippen LogP contribution in [-0.4, -0.2) is 26.9 Å². The molecule has 0 unspecified atom stereocenters. The van der Waals surface area contributed by atoms with E-state index in [1.165, 1.54) is 23.1 Å². The molecule has 2 N–H and O–H groups in total. The molecule has 31 heavy (non-hydrogen) atoms. The fourth-order valence-corrected chi connectivity index (χ4v) is 4.09. The van der Waals surface area contributed by atoms with Crippen molar-refractivity contribution >= 4 is 45.7 Å². The van der Waals surface area contributed by atoms with Crippen molar-refractivity contribution < 1.29 is 14.1 Å². The number of anilines is 2. The minimum atomic E-state index is -0.258. The number of carbonyl (C=O) groups excluding carboxylic acids is 2. The monoisotopic (exact) mass is 451 g/mol. The summed E-state index contributed by atoms with van der Waals surface area (Å²) in [6, 6.07) is 14.0. The zero-order valence-corrected chi connectivity index (χ0v) is 18.0. The third-order valence-corrected chi connectivity index (χ3v) is 5.86. The molecule has 0 saturated carbocycles. The molecule has 2 heterocycles. The van der Waals surface area contributed by atoms with E-state index < -0.39 is 0 Å². The molecular formula is C21H17N5O3S2. The summed E-state index contributed by atoms with van der Waals surface area (Å²) < 4.78 is 5.13. The van der Waals surface area contributed by atoms with Crippen LogP contribution in [0.2, 0.25) is 0 Å². The van der Waals surface area contributed by atoms with Gasteiger partial charge in [0, 0.05) is 27.7 Å². The number of benzene rings is 2. The van der Waals surface area contributed by atoms with E-state index >= 15 is 0 Å². The highest BCUT2D eigenvalue weighted by atomic mass is 32.2. The Labute approximate surface area is 186 Å². The maximum absolute atomic E-state index is 12.8. The van der Waals surface area contributed by atoms with Gasteiger partial charge in [0.1, 0.15) is 0 Å². The van der Waals surface area contributed by atoms with E-state index in [4.69, 9.17) is 4.52 Å². The molecule has 4 rings (SSSR count). The Kier molecular flexibility index (Phi) is 6.39. The van der Waals surface area contributed by atoms with Crippen LogP contribution in [0.3, 0.4) is 0 Å². The van der Waals surface area contributed by atoms with Gasteiger partial charge in [-0.25, -0.2) is 4.98 Å². The van der Waals surface area contributed by atoms with Crippen molar-refractivity contribution in [3.63, 3.8) is 0 Å². The number of aryl methyl sites for hydroxylation is 1. The molecular weight excluding hydrogens is 434 g/mol. The predicted octanol–water partition coefficient (Wildman–Crippen LogP) is 4.63. The Morgan fingerprint density at radius 1 is 1.06 bits per heavy atom. The summed E-state index contributed by atoms with van der Waals surface area (Å²) in [4.78, 5) is 34.1. The van der Waals surface area contributed by atoms with Crippen molar-refractivity contribution in [2.45, 2.75) is 17.6 Å². The molecule has 8 nitrogen and oxygen atoms in total. The molecule has 2 aromatic carbocycles. The number of hydrogen-bond donors (Lipinski definition) is 2. The highest BCUT2D eigenvalue weighted by molar-refractivity contribution is 7.98. The number of carbonyl (C=O) groups is 2. The third-order valence-electron chi connectivity index (χ3n) is 4.11. The molecule has 0 aliphatic rings. The van der Waals surface area contributed by atoms with Gasteiger partial charge in [-0.1, -0.05) is 17.3 Å². The SMILES string of the molecule is Cc1noc(CSc2ccccc2C(=O)Nc2ccc(C(=O)Nc3nccs3)cc2)n1. The maximum Gasteiger partial charge on any atom is 0.257 e. The van der Waals surface area contributed by atoms with E-state index in [1.807, 2.05) is 18.2 Å². The van der Waals surface area contributed by atoms with Crippen molar-refractivity contribution in [1.82, 2.24) is 15.1 Å². The molecule has 0 atom stereocenters. The molecule has 2 aromatic heterocycles. The van der Waals surface area contributed by atoms with Crippen LogP contribution in [0.1, 0.15) is 32.4 Å². The number of thioether (sulfide) groups is 1. The molecule has 10 heteroatoms. The Bertz CT molecular complexity index is 1190. The lowest BCUT2D eigenvalue weighted by Crippen LogP contribution is -2.14. The first-order valence-electron chi connectivity index (χ1n) is 9.22. The van der Waals surface area contributed by atoms with Gasteiger partial charge in [-0.05, 0) is 43.3 Å². The van der Waals surface area contributed by atoms with Gasteiger partial charge < -0.3 is 9.84 Å². The van der Waals surface area contributed by atoms with Gasteiger partial charge in [0.25, 0.3) is 11.8 Å². The van der Waals surface area contributed by atoms with Crippen molar-refractivity contribution in [1.29, 1.82) is 0 Å². The van der Waals surface area contributed by atoms with Gasteiger partial charge in [-0.15, -0.1) is 23.1 Å². The number of nitrogens with zero attached hydrogens (tertiary/aromatic N) is 3. The van der Waals surface area contributed by atoms with Gasteiger partial charge in [0.05, 0.1) is 11.3 Å². The molecule has 0 saturated heterocycles. The first-order chi connectivity index (χ1) is 15.1. The number of nitrogens with one attached hydrogen (secondary N) is 2. The van der Waals surface area contributed by atoms with Gasteiger partial charge in [-0.2, -0.15) is 4.98 Å². The van der Waals surface area contributed by atoms with Crippen LogP contribution < -0.4 is 10.6 Å². The highest BCUT2D eigenvalue weighted by Crippen LogP contribution is 2.26. The van der Waals surface area contributed by atoms with Crippen LogP contribution in [0.25, 0.3) is 0 Å². The molecule has 0 aliphatic carbocycles. The van der Waals surface area contributed by atoms with E-state index in [0.29, 0.717) is 39.4 Å². The zero-order chi connectivity index (χ0) is 21.6. The van der Waals surface area contributed by atoms with Gasteiger partial charge in [0.2, 0.25) is 5.89 Å². The van der Waals surface area contributed by atoms with Crippen molar-refractivity contribution in [3.8, 4) is 0 Å². The minimum Gasteiger partial charge on any atom is -0.338 e. The fourth-order valence-electron chi connectivity index (χ4n) is 2.68. The maximum atomic E-state index is 12.8. The lowest BCUT2D eigenvalue weighted by Gasteiger charge is -2.10. The Balaban J connectivity index is 1.40. The molecule has 4 aromatic rings. The van der Waals surface area contributed by atoms with E-state index in [-0.39, 0.29) is 11.8 Å². The Morgan fingerprint density at radius 2 is 1.87 bits per heavy atom. The summed E-state index contributed by atoms with van der Waals surface area (Å²) in [5, 5.41) is 11.7. The summed E-state index contributed by atoms with van der Waals surface area (Å²) in [5.74, 6) is 1.04. The Hall–Kier alpha value is -3.50. The van der Waals surface area contributed by atoms with Crippen LogP contribution in [0.5, 0.6) is 0 Å². The van der Waals surface area contributed by atoms with Gasteiger partial charge in [0.15, 0.2) is 11.0 Å². The summed E-state index contributed by atoms with van der Waals surface area (Å²) in [5.41, 5.74) is 1.59. The lowest BCUT2D eigenvalue weighted by molar-refractivity contribution is 0.101. The molecule has 0 bridgehead atoms. The average Bonchev–Trinajstić information content (AvgIpc) is 3.44.